The number of benzene rings is 2. The van der Waals surface area contributed by atoms with Crippen molar-refractivity contribution in [3.63, 3.8) is 0 Å². The molecule has 0 bridgehead atoms. The fourth-order valence-corrected chi connectivity index (χ4v) is 3.83. The molecule has 1 amide bonds. The van der Waals surface area contributed by atoms with Crippen LogP contribution in [0.15, 0.2) is 36.4 Å². The minimum absolute atomic E-state index is 0.257. The molecule has 0 fully saturated rings. The van der Waals surface area contributed by atoms with Gasteiger partial charge in [0.05, 0.1) is 26.9 Å². The number of amides is 1. The molecule has 1 N–H and O–H groups in total. The smallest absolute Gasteiger partial charge is 0.408 e. The number of rotatable bonds is 9. The van der Waals surface area contributed by atoms with E-state index in [9.17, 15) is 9.59 Å². The average Bonchev–Trinajstić information content (AvgIpc) is 2.77. The molecule has 2 aromatic rings. The van der Waals surface area contributed by atoms with Crippen LogP contribution in [0.2, 0.25) is 0 Å². The van der Waals surface area contributed by atoms with Gasteiger partial charge in [-0.25, -0.2) is 9.59 Å². The zero-order valence-electron chi connectivity index (χ0n) is 20.3. The predicted octanol–water partition coefficient (Wildman–Crippen LogP) is 4.84. The quantitative estimate of drug-likeness (QED) is 0.520. The summed E-state index contributed by atoms with van der Waals surface area (Å²) in [4.78, 5) is 24.4. The first-order valence-electron chi connectivity index (χ1n) is 10.5. The van der Waals surface area contributed by atoms with Crippen molar-refractivity contribution in [2.75, 3.05) is 27.6 Å². The fraction of sp³-hybridized carbons (Fsp3) is 0.440. The predicted molar refractivity (Wildman–Crippen MR) is 131 cm³/mol. The summed E-state index contributed by atoms with van der Waals surface area (Å²) in [6.45, 7) is 5.28. The van der Waals surface area contributed by atoms with E-state index in [0.717, 1.165) is 39.5 Å². The Balaban J connectivity index is 2.28. The van der Waals surface area contributed by atoms with Gasteiger partial charge in [-0.2, -0.15) is 11.8 Å². The Kier molecular flexibility index (Phi) is 9.46. The van der Waals surface area contributed by atoms with E-state index < -0.39 is 23.7 Å². The van der Waals surface area contributed by atoms with Gasteiger partial charge in [0.15, 0.2) is 0 Å². The first-order valence-corrected chi connectivity index (χ1v) is 11.9. The number of carbonyl (C=O) groups excluding carboxylic acids is 2. The molecule has 0 aromatic heterocycles. The lowest BCUT2D eigenvalue weighted by Crippen LogP contribution is -2.45. The molecule has 0 unspecified atom stereocenters. The molecule has 0 aliphatic carbocycles. The summed E-state index contributed by atoms with van der Waals surface area (Å²) in [5, 5.41) is 2.60. The van der Waals surface area contributed by atoms with E-state index >= 15 is 0 Å². The fourth-order valence-electron chi connectivity index (χ4n) is 3.33. The summed E-state index contributed by atoms with van der Waals surface area (Å²) < 4.78 is 21.4. The molecule has 2 aromatic carbocycles. The minimum Gasteiger partial charge on any atom is -0.496 e. The SMILES string of the molecule is COC(=O)[C@H](Cc1ccc(-c2c(OC)cc(CSC)cc2OC)cc1)NC(=O)OC(C)(C)C. The molecule has 0 aliphatic heterocycles. The van der Waals surface area contributed by atoms with Crippen LogP contribution in [-0.2, 0) is 26.4 Å². The highest BCUT2D eigenvalue weighted by Gasteiger charge is 2.25. The molecule has 33 heavy (non-hydrogen) atoms. The number of nitrogens with one attached hydrogen (secondary N) is 1. The number of ether oxygens (including phenoxy) is 4. The van der Waals surface area contributed by atoms with E-state index in [1.54, 1.807) is 46.8 Å². The topological polar surface area (TPSA) is 83.1 Å². The Bertz CT molecular complexity index is 927. The Hall–Kier alpha value is -2.87. The van der Waals surface area contributed by atoms with Gasteiger partial charge in [0, 0.05) is 12.2 Å². The number of hydrogen-bond acceptors (Lipinski definition) is 7. The Morgan fingerprint density at radius 1 is 0.970 bits per heavy atom. The summed E-state index contributed by atoms with van der Waals surface area (Å²) in [5.41, 5.74) is 3.06. The van der Waals surface area contributed by atoms with Crippen LogP contribution in [-0.4, -0.2) is 51.3 Å². The lowest BCUT2D eigenvalue weighted by molar-refractivity contribution is -0.143. The van der Waals surface area contributed by atoms with Gasteiger partial charge in [0.1, 0.15) is 23.1 Å². The summed E-state index contributed by atoms with van der Waals surface area (Å²) >= 11 is 1.73. The van der Waals surface area contributed by atoms with E-state index in [1.165, 1.54) is 7.11 Å². The van der Waals surface area contributed by atoms with E-state index in [2.05, 4.69) is 5.32 Å². The number of thioether (sulfide) groups is 1. The van der Waals surface area contributed by atoms with Crippen LogP contribution in [0.4, 0.5) is 4.79 Å². The van der Waals surface area contributed by atoms with Gasteiger partial charge in [-0.1, -0.05) is 24.3 Å². The van der Waals surface area contributed by atoms with Crippen molar-refractivity contribution in [1.29, 1.82) is 0 Å². The van der Waals surface area contributed by atoms with Gasteiger partial charge in [0.25, 0.3) is 0 Å². The van der Waals surface area contributed by atoms with Crippen LogP contribution in [0.25, 0.3) is 11.1 Å². The maximum atomic E-state index is 12.2. The molecule has 180 valence electrons. The van der Waals surface area contributed by atoms with Gasteiger partial charge in [-0.15, -0.1) is 0 Å². The van der Waals surface area contributed by atoms with Crippen molar-refractivity contribution in [2.45, 2.75) is 44.6 Å². The Morgan fingerprint density at radius 3 is 2.00 bits per heavy atom. The van der Waals surface area contributed by atoms with Crippen LogP contribution in [0.1, 0.15) is 31.9 Å². The molecular weight excluding hydrogens is 442 g/mol. The van der Waals surface area contributed by atoms with Crippen molar-refractivity contribution in [3.05, 3.63) is 47.5 Å². The summed E-state index contributed by atoms with van der Waals surface area (Å²) in [6.07, 6.45) is 1.63. The molecule has 0 saturated carbocycles. The largest absolute Gasteiger partial charge is 0.496 e. The van der Waals surface area contributed by atoms with Crippen LogP contribution in [0.5, 0.6) is 11.5 Å². The van der Waals surface area contributed by atoms with Crippen LogP contribution >= 0.6 is 11.8 Å². The molecule has 0 radical (unpaired) electrons. The Labute approximate surface area is 200 Å². The minimum atomic E-state index is -0.870. The number of methoxy groups -OCH3 is 3. The molecule has 7 nitrogen and oxygen atoms in total. The number of alkyl carbamates (subject to hydrolysis) is 1. The Morgan fingerprint density at radius 2 is 1.55 bits per heavy atom. The standard InChI is InChI=1S/C25H33NO6S/c1-25(2,3)32-24(28)26-19(23(27)31-6)12-16-8-10-18(11-9-16)22-20(29-4)13-17(15-33-7)14-21(22)30-5/h8-11,13-14,19H,12,15H2,1-7H3,(H,26,28)/t19-/m0/s1. The number of hydrogen-bond donors (Lipinski definition) is 1. The zero-order valence-corrected chi connectivity index (χ0v) is 21.1. The molecule has 8 heteroatoms. The lowest BCUT2D eigenvalue weighted by Gasteiger charge is -2.22. The van der Waals surface area contributed by atoms with E-state index in [0.29, 0.717) is 0 Å². The van der Waals surface area contributed by atoms with E-state index in [1.807, 2.05) is 42.7 Å². The van der Waals surface area contributed by atoms with Crippen molar-refractivity contribution < 1.29 is 28.5 Å². The molecule has 0 heterocycles. The average molecular weight is 476 g/mol. The number of esters is 1. The zero-order chi connectivity index (χ0) is 24.6. The molecule has 1 atom stereocenters. The molecule has 0 saturated heterocycles. The summed E-state index contributed by atoms with van der Waals surface area (Å²) in [7, 11) is 4.56. The third kappa shape index (κ3) is 7.60. The molecule has 0 spiro atoms. The normalized spacial score (nSPS) is 12.0. The first kappa shape index (κ1) is 26.4. The van der Waals surface area contributed by atoms with Crippen molar-refractivity contribution in [3.8, 4) is 22.6 Å². The van der Waals surface area contributed by atoms with Crippen LogP contribution in [0, 0.1) is 0 Å². The monoisotopic (exact) mass is 475 g/mol. The highest BCUT2D eigenvalue weighted by Crippen LogP contribution is 2.40. The van der Waals surface area contributed by atoms with Crippen LogP contribution < -0.4 is 14.8 Å². The van der Waals surface area contributed by atoms with Gasteiger partial charge in [0.2, 0.25) is 0 Å². The van der Waals surface area contributed by atoms with Gasteiger partial charge in [-0.3, -0.25) is 0 Å². The van der Waals surface area contributed by atoms with Crippen LogP contribution in [0.3, 0.4) is 0 Å². The third-order valence-corrected chi connectivity index (χ3v) is 5.36. The molecule has 0 aliphatic rings. The summed E-state index contributed by atoms with van der Waals surface area (Å²) in [5.74, 6) is 1.76. The van der Waals surface area contributed by atoms with Crippen molar-refractivity contribution in [2.24, 2.45) is 0 Å². The lowest BCUT2D eigenvalue weighted by atomic mass is 9.98. The number of carbonyl (C=O) groups is 2. The third-order valence-electron chi connectivity index (χ3n) is 4.74. The second-order valence-electron chi connectivity index (χ2n) is 8.43. The van der Waals surface area contributed by atoms with Gasteiger partial charge >= 0.3 is 12.1 Å². The second-order valence-corrected chi connectivity index (χ2v) is 9.30. The maximum Gasteiger partial charge on any atom is 0.408 e. The van der Waals surface area contributed by atoms with Gasteiger partial charge in [-0.05, 0) is 55.9 Å². The molecule has 2 rings (SSSR count). The second kappa shape index (κ2) is 11.8. The molecular formula is C25H33NO6S. The van der Waals surface area contributed by atoms with Crippen molar-refractivity contribution in [1.82, 2.24) is 5.32 Å². The maximum absolute atomic E-state index is 12.2. The van der Waals surface area contributed by atoms with E-state index in [4.69, 9.17) is 18.9 Å². The van der Waals surface area contributed by atoms with Gasteiger partial charge < -0.3 is 24.3 Å². The highest BCUT2D eigenvalue weighted by atomic mass is 32.2. The highest BCUT2D eigenvalue weighted by molar-refractivity contribution is 7.97. The van der Waals surface area contributed by atoms with Crippen molar-refractivity contribution >= 4 is 23.8 Å². The summed E-state index contributed by atoms with van der Waals surface area (Å²) in [6, 6.07) is 10.8. The van der Waals surface area contributed by atoms with E-state index in [-0.39, 0.29) is 6.42 Å². The first-order chi connectivity index (χ1) is 15.6.